The number of nitrogens with zero attached hydrogens (tertiary/aromatic N) is 1. The number of halogens is 1. The first-order valence-corrected chi connectivity index (χ1v) is 5.88. The van der Waals surface area contributed by atoms with Gasteiger partial charge < -0.3 is 4.74 Å². The second kappa shape index (κ2) is 3.65. The summed E-state index contributed by atoms with van der Waals surface area (Å²) in [6.07, 6.45) is 0. The first kappa shape index (κ1) is 10.4. The molecule has 0 saturated carbocycles. The maximum Gasteiger partial charge on any atom is 0.366 e. The SMILES string of the molecule is O=C1OC(=O)c2sc(-c3ccccc3Cl)nc21. The van der Waals surface area contributed by atoms with Crippen LogP contribution in [0.2, 0.25) is 5.02 Å². The molecule has 0 radical (unpaired) electrons. The molecule has 0 N–H and O–H groups in total. The van der Waals surface area contributed by atoms with E-state index in [1.54, 1.807) is 18.2 Å². The van der Waals surface area contributed by atoms with Crippen molar-refractivity contribution in [2.45, 2.75) is 0 Å². The van der Waals surface area contributed by atoms with E-state index in [1.807, 2.05) is 6.07 Å². The summed E-state index contributed by atoms with van der Waals surface area (Å²) in [4.78, 5) is 26.9. The van der Waals surface area contributed by atoms with E-state index in [4.69, 9.17) is 11.6 Å². The second-order valence-electron chi connectivity index (χ2n) is 3.35. The summed E-state index contributed by atoms with van der Waals surface area (Å²) in [5.74, 6) is -1.33. The predicted octanol–water partition coefficient (Wildman–Crippen LogP) is 2.77. The Balaban J connectivity index is 2.17. The molecule has 0 bridgehead atoms. The average Bonchev–Trinajstić information content (AvgIpc) is 2.83. The van der Waals surface area contributed by atoms with Gasteiger partial charge >= 0.3 is 11.9 Å². The Bertz CT molecular complexity index is 618. The average molecular weight is 266 g/mol. The molecule has 0 atom stereocenters. The molecule has 2 aromatic rings. The third-order valence-corrected chi connectivity index (χ3v) is 3.69. The molecule has 1 aliphatic rings. The number of rotatable bonds is 1. The molecular weight excluding hydrogens is 262 g/mol. The summed E-state index contributed by atoms with van der Waals surface area (Å²) >= 11 is 7.13. The number of esters is 2. The van der Waals surface area contributed by atoms with E-state index in [0.29, 0.717) is 15.6 Å². The molecule has 1 aliphatic heterocycles. The second-order valence-corrected chi connectivity index (χ2v) is 4.76. The van der Waals surface area contributed by atoms with Crippen molar-refractivity contribution >= 4 is 34.9 Å². The maximum atomic E-state index is 11.3. The van der Waals surface area contributed by atoms with Gasteiger partial charge in [0.05, 0.1) is 5.02 Å². The third-order valence-electron chi connectivity index (χ3n) is 2.30. The number of hydrogen-bond acceptors (Lipinski definition) is 5. The zero-order valence-electron chi connectivity index (χ0n) is 8.27. The molecule has 6 heteroatoms. The van der Waals surface area contributed by atoms with Crippen molar-refractivity contribution in [3.63, 3.8) is 0 Å². The smallest absolute Gasteiger partial charge is 0.366 e. The molecule has 4 nitrogen and oxygen atoms in total. The standard InChI is InChI=1S/C11H4ClNO3S/c12-6-4-2-1-3-5(6)9-13-7-8(17-9)11(15)16-10(7)14/h1-4H. The van der Waals surface area contributed by atoms with E-state index < -0.39 is 11.9 Å². The summed E-state index contributed by atoms with van der Waals surface area (Å²) < 4.78 is 4.43. The number of carbonyl (C=O) groups excluding carboxylic acids is 2. The topological polar surface area (TPSA) is 56.3 Å². The first-order chi connectivity index (χ1) is 8.16. The van der Waals surface area contributed by atoms with E-state index in [-0.39, 0.29) is 10.6 Å². The quantitative estimate of drug-likeness (QED) is 0.588. The third kappa shape index (κ3) is 1.55. The van der Waals surface area contributed by atoms with Crippen LogP contribution in [0.5, 0.6) is 0 Å². The van der Waals surface area contributed by atoms with Crippen LogP contribution in [-0.4, -0.2) is 16.9 Å². The van der Waals surface area contributed by atoms with Crippen molar-refractivity contribution in [2.24, 2.45) is 0 Å². The van der Waals surface area contributed by atoms with E-state index in [9.17, 15) is 9.59 Å². The fraction of sp³-hybridized carbons (Fsp3) is 0. The van der Waals surface area contributed by atoms with Gasteiger partial charge in [-0.3, -0.25) is 0 Å². The lowest BCUT2D eigenvalue weighted by molar-refractivity contribution is 0.0443. The van der Waals surface area contributed by atoms with Gasteiger partial charge in [0.2, 0.25) is 0 Å². The van der Waals surface area contributed by atoms with Gasteiger partial charge in [-0.05, 0) is 6.07 Å². The Hall–Kier alpha value is -1.72. The number of carbonyl (C=O) groups is 2. The van der Waals surface area contributed by atoms with Crippen LogP contribution in [0.25, 0.3) is 10.6 Å². The van der Waals surface area contributed by atoms with Gasteiger partial charge in [0, 0.05) is 5.56 Å². The molecule has 0 saturated heterocycles. The fourth-order valence-electron chi connectivity index (χ4n) is 1.53. The minimum atomic E-state index is -0.695. The van der Waals surface area contributed by atoms with Crippen molar-refractivity contribution in [3.8, 4) is 10.6 Å². The number of thiazole rings is 1. The Morgan fingerprint density at radius 2 is 1.94 bits per heavy atom. The molecule has 3 rings (SSSR count). The minimum absolute atomic E-state index is 0.0786. The monoisotopic (exact) mass is 265 g/mol. The van der Waals surface area contributed by atoms with E-state index in [0.717, 1.165) is 11.3 Å². The molecule has 0 aliphatic carbocycles. The Morgan fingerprint density at radius 1 is 1.18 bits per heavy atom. The van der Waals surface area contributed by atoms with Crippen molar-refractivity contribution in [3.05, 3.63) is 39.9 Å². The number of fused-ring (bicyclic) bond motifs is 1. The van der Waals surface area contributed by atoms with Crippen molar-refractivity contribution in [2.75, 3.05) is 0 Å². The molecule has 84 valence electrons. The van der Waals surface area contributed by atoms with E-state index in [2.05, 4.69) is 9.72 Å². The number of ether oxygens (including phenoxy) is 1. The molecule has 2 heterocycles. The van der Waals surface area contributed by atoms with Gasteiger partial charge in [0.25, 0.3) is 0 Å². The Morgan fingerprint density at radius 3 is 2.65 bits per heavy atom. The Kier molecular flexibility index (Phi) is 2.24. The highest BCUT2D eigenvalue weighted by molar-refractivity contribution is 7.17. The van der Waals surface area contributed by atoms with Crippen molar-refractivity contribution in [1.82, 2.24) is 4.98 Å². The summed E-state index contributed by atoms with van der Waals surface area (Å²) in [6.45, 7) is 0. The number of cyclic esters (lactones) is 2. The van der Waals surface area contributed by atoms with Gasteiger partial charge in [-0.1, -0.05) is 29.8 Å². The first-order valence-electron chi connectivity index (χ1n) is 4.69. The van der Waals surface area contributed by atoms with Crippen LogP contribution < -0.4 is 0 Å². The minimum Gasteiger partial charge on any atom is -0.384 e. The zero-order chi connectivity index (χ0) is 12.0. The number of hydrogen-bond donors (Lipinski definition) is 0. The largest absolute Gasteiger partial charge is 0.384 e. The summed E-state index contributed by atoms with van der Waals surface area (Å²) in [5, 5.41) is 1.08. The predicted molar refractivity (Wildman–Crippen MR) is 62.3 cm³/mol. The molecule has 1 aromatic heterocycles. The van der Waals surface area contributed by atoms with Crippen LogP contribution in [0.1, 0.15) is 20.2 Å². The van der Waals surface area contributed by atoms with E-state index in [1.165, 1.54) is 0 Å². The lowest BCUT2D eigenvalue weighted by atomic mass is 10.2. The molecule has 0 amide bonds. The molecule has 1 aromatic carbocycles. The van der Waals surface area contributed by atoms with Crippen LogP contribution in [0.4, 0.5) is 0 Å². The van der Waals surface area contributed by atoms with Crippen LogP contribution in [0.15, 0.2) is 24.3 Å². The van der Waals surface area contributed by atoms with Gasteiger partial charge in [0.15, 0.2) is 5.69 Å². The van der Waals surface area contributed by atoms with Crippen molar-refractivity contribution < 1.29 is 14.3 Å². The normalized spacial score (nSPS) is 13.7. The summed E-state index contributed by atoms with van der Waals surface area (Å²) in [6, 6.07) is 7.12. The van der Waals surface area contributed by atoms with Gasteiger partial charge in [-0.25, -0.2) is 14.6 Å². The van der Waals surface area contributed by atoms with Crippen LogP contribution in [0, 0.1) is 0 Å². The lowest BCUT2D eigenvalue weighted by Gasteiger charge is -1.98. The lowest BCUT2D eigenvalue weighted by Crippen LogP contribution is -1.99. The number of aromatic nitrogens is 1. The van der Waals surface area contributed by atoms with Crippen LogP contribution >= 0.6 is 22.9 Å². The molecule has 0 fully saturated rings. The highest BCUT2D eigenvalue weighted by atomic mass is 35.5. The molecule has 0 unspecified atom stereocenters. The summed E-state index contributed by atoms with van der Waals surface area (Å²) in [5.41, 5.74) is 0.782. The van der Waals surface area contributed by atoms with Gasteiger partial charge in [-0.15, -0.1) is 11.3 Å². The fourth-order valence-corrected chi connectivity index (χ4v) is 2.78. The highest BCUT2D eigenvalue weighted by Gasteiger charge is 2.34. The van der Waals surface area contributed by atoms with E-state index >= 15 is 0 Å². The maximum absolute atomic E-state index is 11.3. The molecule has 0 spiro atoms. The van der Waals surface area contributed by atoms with Gasteiger partial charge in [-0.2, -0.15) is 0 Å². The molecule has 17 heavy (non-hydrogen) atoms. The zero-order valence-corrected chi connectivity index (χ0v) is 9.84. The van der Waals surface area contributed by atoms with Crippen LogP contribution in [-0.2, 0) is 4.74 Å². The van der Waals surface area contributed by atoms with Crippen LogP contribution in [0.3, 0.4) is 0 Å². The molecular formula is C11H4ClNO3S. The Labute approximate surface area is 105 Å². The van der Waals surface area contributed by atoms with Gasteiger partial charge in [0.1, 0.15) is 9.88 Å². The van der Waals surface area contributed by atoms with Crippen molar-refractivity contribution in [1.29, 1.82) is 0 Å². The number of benzene rings is 1. The summed E-state index contributed by atoms with van der Waals surface area (Å²) in [7, 11) is 0. The highest BCUT2D eigenvalue weighted by Crippen LogP contribution is 2.35.